The van der Waals surface area contributed by atoms with Gasteiger partial charge in [-0.3, -0.25) is 0 Å². The van der Waals surface area contributed by atoms with Crippen LogP contribution in [0.2, 0.25) is 0 Å². The zero-order valence-corrected chi connectivity index (χ0v) is 10.4. The molecule has 0 unspecified atom stereocenters. The van der Waals surface area contributed by atoms with Crippen LogP contribution in [0.25, 0.3) is 0 Å². The number of anilines is 2. The summed E-state index contributed by atoms with van der Waals surface area (Å²) >= 11 is 0. The van der Waals surface area contributed by atoms with Gasteiger partial charge in [0.1, 0.15) is 0 Å². The second-order valence-electron chi connectivity index (χ2n) is 3.84. The molecule has 0 saturated heterocycles. The molecule has 6 nitrogen and oxygen atoms in total. The van der Waals surface area contributed by atoms with Crippen LogP contribution in [0, 0.1) is 12.7 Å². The molecular formula is C11H11F3N4O2. The first-order valence-electron chi connectivity index (χ1n) is 5.52. The molecule has 2 rings (SSSR count). The molecule has 0 aliphatic heterocycles. The zero-order chi connectivity index (χ0) is 14.7. The zero-order valence-electron chi connectivity index (χ0n) is 10.4. The van der Waals surface area contributed by atoms with Crippen LogP contribution in [0.15, 0.2) is 16.7 Å². The van der Waals surface area contributed by atoms with Crippen molar-refractivity contribution >= 4 is 11.4 Å². The van der Waals surface area contributed by atoms with Crippen molar-refractivity contribution < 1.29 is 22.4 Å². The maximum absolute atomic E-state index is 13.4. The van der Waals surface area contributed by atoms with E-state index in [0.717, 1.165) is 12.1 Å². The number of rotatable bonds is 5. The highest BCUT2D eigenvalue weighted by atomic mass is 19.3. The molecule has 20 heavy (non-hydrogen) atoms. The molecule has 0 atom stereocenters. The molecule has 0 radical (unpaired) electrons. The third kappa shape index (κ3) is 3.31. The van der Waals surface area contributed by atoms with Gasteiger partial charge in [0, 0.05) is 12.1 Å². The van der Waals surface area contributed by atoms with Gasteiger partial charge in [-0.05, 0) is 6.92 Å². The predicted octanol–water partition coefficient (Wildman–Crippen LogP) is 2.31. The summed E-state index contributed by atoms with van der Waals surface area (Å²) in [6.45, 7) is -1.36. The summed E-state index contributed by atoms with van der Waals surface area (Å²) < 4.78 is 46.5. The Hall–Kier alpha value is -2.45. The number of ether oxygens (including phenoxy) is 1. The number of halogens is 3. The van der Waals surface area contributed by atoms with E-state index in [1.54, 1.807) is 6.92 Å². The van der Waals surface area contributed by atoms with E-state index in [1.807, 2.05) is 0 Å². The van der Waals surface area contributed by atoms with Gasteiger partial charge < -0.3 is 20.3 Å². The fraction of sp³-hybridized carbons (Fsp3) is 0.273. The Kier molecular flexibility index (Phi) is 3.97. The van der Waals surface area contributed by atoms with Gasteiger partial charge in [-0.25, -0.2) is 4.39 Å². The predicted molar refractivity (Wildman–Crippen MR) is 63.8 cm³/mol. The highest BCUT2D eigenvalue weighted by Gasteiger charge is 2.14. The van der Waals surface area contributed by atoms with Crippen LogP contribution in [0.1, 0.15) is 11.7 Å². The van der Waals surface area contributed by atoms with Crippen molar-refractivity contribution in [2.45, 2.75) is 20.1 Å². The molecule has 3 N–H and O–H groups in total. The average molecular weight is 288 g/mol. The molecule has 1 aromatic carbocycles. The monoisotopic (exact) mass is 288 g/mol. The van der Waals surface area contributed by atoms with E-state index in [0.29, 0.717) is 5.82 Å². The third-order valence-electron chi connectivity index (χ3n) is 2.32. The van der Waals surface area contributed by atoms with Crippen molar-refractivity contribution in [1.29, 1.82) is 0 Å². The lowest BCUT2D eigenvalue weighted by Crippen LogP contribution is -2.07. The van der Waals surface area contributed by atoms with Crippen LogP contribution in [0.3, 0.4) is 0 Å². The number of nitrogens with one attached hydrogen (secondary N) is 1. The molecule has 0 aliphatic rings. The SMILES string of the molecule is Cc1noc(CNc2cc(OC(F)F)c(F)cc2N)n1. The molecule has 0 bridgehead atoms. The minimum atomic E-state index is -3.13. The summed E-state index contributed by atoms with van der Waals surface area (Å²) in [4.78, 5) is 3.94. The first kappa shape index (κ1) is 14.0. The summed E-state index contributed by atoms with van der Waals surface area (Å²) in [6.07, 6.45) is 0. The lowest BCUT2D eigenvalue weighted by Gasteiger charge is -2.11. The number of nitrogens with zero attached hydrogens (tertiary/aromatic N) is 2. The largest absolute Gasteiger partial charge is 0.432 e. The van der Waals surface area contributed by atoms with E-state index < -0.39 is 18.2 Å². The van der Waals surface area contributed by atoms with E-state index >= 15 is 0 Å². The quantitative estimate of drug-likeness (QED) is 0.821. The molecule has 0 saturated carbocycles. The number of benzene rings is 1. The van der Waals surface area contributed by atoms with Gasteiger partial charge in [0.05, 0.1) is 17.9 Å². The van der Waals surface area contributed by atoms with Crippen LogP contribution < -0.4 is 15.8 Å². The van der Waals surface area contributed by atoms with Crippen LogP contribution in [-0.2, 0) is 6.54 Å². The summed E-state index contributed by atoms with van der Waals surface area (Å²) in [6, 6.07) is 1.93. The molecule has 0 aliphatic carbocycles. The lowest BCUT2D eigenvalue weighted by molar-refractivity contribution is -0.0521. The molecule has 1 heterocycles. The van der Waals surface area contributed by atoms with Gasteiger partial charge in [-0.15, -0.1) is 0 Å². The number of hydrogen-bond donors (Lipinski definition) is 2. The summed E-state index contributed by atoms with van der Waals surface area (Å²) in [5.74, 6) is -0.835. The van der Waals surface area contributed by atoms with Crippen molar-refractivity contribution in [3.05, 3.63) is 29.7 Å². The summed E-state index contributed by atoms with van der Waals surface area (Å²) in [5.41, 5.74) is 5.84. The highest BCUT2D eigenvalue weighted by Crippen LogP contribution is 2.29. The standard InChI is InChI=1S/C11H11F3N4O2/c1-5-17-10(20-18-5)4-16-8-3-9(19-11(13)14)6(12)2-7(8)15/h2-3,11,16H,4,15H2,1H3. The second kappa shape index (κ2) is 5.68. The Bertz CT molecular complexity index is 603. The van der Waals surface area contributed by atoms with E-state index in [-0.39, 0.29) is 23.8 Å². The first-order valence-corrected chi connectivity index (χ1v) is 5.52. The fourth-order valence-corrected chi connectivity index (χ4v) is 1.49. The molecule has 0 spiro atoms. The average Bonchev–Trinajstić information content (AvgIpc) is 2.76. The first-order chi connectivity index (χ1) is 9.45. The topological polar surface area (TPSA) is 86.2 Å². The number of nitrogen functional groups attached to an aromatic ring is 1. The van der Waals surface area contributed by atoms with Crippen molar-refractivity contribution in [2.24, 2.45) is 0 Å². The molecule has 1 aromatic heterocycles. The van der Waals surface area contributed by atoms with Crippen LogP contribution in [0.4, 0.5) is 24.5 Å². The maximum atomic E-state index is 13.4. The number of nitrogens with two attached hydrogens (primary N) is 1. The van der Waals surface area contributed by atoms with Gasteiger partial charge in [0.25, 0.3) is 0 Å². The lowest BCUT2D eigenvalue weighted by atomic mass is 10.2. The summed E-state index contributed by atoms with van der Waals surface area (Å²) in [7, 11) is 0. The number of alkyl halides is 2. The summed E-state index contributed by atoms with van der Waals surface area (Å²) in [5, 5.41) is 6.35. The van der Waals surface area contributed by atoms with Crippen molar-refractivity contribution in [2.75, 3.05) is 11.1 Å². The molecule has 9 heteroatoms. The van der Waals surface area contributed by atoms with Crippen LogP contribution >= 0.6 is 0 Å². The minimum Gasteiger partial charge on any atom is -0.432 e. The van der Waals surface area contributed by atoms with Gasteiger partial charge in [0.2, 0.25) is 5.89 Å². The smallest absolute Gasteiger partial charge is 0.387 e. The molecular weight excluding hydrogens is 277 g/mol. The van der Waals surface area contributed by atoms with E-state index in [1.165, 1.54) is 0 Å². The van der Waals surface area contributed by atoms with Crippen LogP contribution in [0.5, 0.6) is 5.75 Å². The molecule has 0 fully saturated rings. The fourth-order valence-electron chi connectivity index (χ4n) is 1.49. The Balaban J connectivity index is 2.14. The third-order valence-corrected chi connectivity index (χ3v) is 2.32. The molecule has 2 aromatic rings. The van der Waals surface area contributed by atoms with E-state index in [2.05, 4.69) is 20.2 Å². The van der Waals surface area contributed by atoms with Crippen molar-refractivity contribution in [3.8, 4) is 5.75 Å². The highest BCUT2D eigenvalue weighted by molar-refractivity contribution is 5.68. The van der Waals surface area contributed by atoms with Crippen molar-refractivity contribution in [3.63, 3.8) is 0 Å². The number of aryl methyl sites for hydroxylation is 1. The normalized spacial score (nSPS) is 10.8. The van der Waals surface area contributed by atoms with E-state index in [9.17, 15) is 13.2 Å². The molecule has 0 amide bonds. The van der Waals surface area contributed by atoms with Gasteiger partial charge >= 0.3 is 6.61 Å². The second-order valence-corrected chi connectivity index (χ2v) is 3.84. The van der Waals surface area contributed by atoms with Crippen LogP contribution in [-0.4, -0.2) is 16.8 Å². The van der Waals surface area contributed by atoms with Gasteiger partial charge in [-0.1, -0.05) is 5.16 Å². The minimum absolute atomic E-state index is 0.0420. The Labute approximate surface area is 111 Å². The number of hydrogen-bond acceptors (Lipinski definition) is 6. The van der Waals surface area contributed by atoms with Gasteiger partial charge in [0.15, 0.2) is 17.4 Å². The molecule has 108 valence electrons. The number of aromatic nitrogens is 2. The maximum Gasteiger partial charge on any atom is 0.387 e. The van der Waals surface area contributed by atoms with Gasteiger partial charge in [-0.2, -0.15) is 13.8 Å². The Morgan fingerprint density at radius 1 is 1.45 bits per heavy atom. The van der Waals surface area contributed by atoms with E-state index in [4.69, 9.17) is 10.3 Å². The Morgan fingerprint density at radius 3 is 2.80 bits per heavy atom. The van der Waals surface area contributed by atoms with Crippen molar-refractivity contribution in [1.82, 2.24) is 10.1 Å². The Morgan fingerprint density at radius 2 is 2.20 bits per heavy atom.